The van der Waals surface area contributed by atoms with E-state index in [0.29, 0.717) is 13.2 Å². The van der Waals surface area contributed by atoms with Crippen LogP contribution in [-0.2, 0) is 0 Å². The Morgan fingerprint density at radius 1 is 0.857 bits per heavy atom. The van der Waals surface area contributed by atoms with E-state index in [-0.39, 0.29) is 11.1 Å². The van der Waals surface area contributed by atoms with E-state index in [9.17, 15) is 0 Å². The number of likely N-dealkylation sites (tertiary alicyclic amines) is 1. The molecule has 42 heavy (non-hydrogen) atoms. The topological polar surface area (TPSA) is 40.2 Å². The van der Waals surface area contributed by atoms with Crippen LogP contribution in [0.1, 0.15) is 69.2 Å². The van der Waals surface area contributed by atoms with Crippen molar-refractivity contribution in [1.29, 1.82) is 0 Å². The molecule has 0 amide bonds. The summed E-state index contributed by atoms with van der Waals surface area (Å²) in [6.45, 7) is 16.1. The Morgan fingerprint density at radius 3 is 2.36 bits per heavy atom. The van der Waals surface area contributed by atoms with Gasteiger partial charge in [-0.05, 0) is 85.5 Å². The van der Waals surface area contributed by atoms with Gasteiger partial charge in [0.05, 0.1) is 6.61 Å². The van der Waals surface area contributed by atoms with Crippen molar-refractivity contribution >= 4 is 19.5 Å². The lowest BCUT2D eigenvalue weighted by Gasteiger charge is -2.36. The molecular formula is C36H45NO4Si. The maximum Gasteiger partial charge on any atom is 0.250 e. The minimum atomic E-state index is -1.98. The summed E-state index contributed by atoms with van der Waals surface area (Å²) in [6, 6.07) is 23.2. The summed E-state index contributed by atoms with van der Waals surface area (Å²) in [5, 5.41) is 0.117. The number of ether oxygens (including phenoxy) is 3. The second-order valence-corrected chi connectivity index (χ2v) is 18.0. The maximum absolute atomic E-state index is 6.77. The summed E-state index contributed by atoms with van der Waals surface area (Å²) in [5.41, 5.74) is 5.81. The van der Waals surface area contributed by atoms with Gasteiger partial charge >= 0.3 is 0 Å². The predicted molar refractivity (Wildman–Crippen MR) is 173 cm³/mol. The molecule has 0 radical (unpaired) electrons. The molecule has 0 spiro atoms. The number of hydrogen-bond acceptors (Lipinski definition) is 5. The SMILES string of the molecule is CC(C)(C)[Si](C)(C)Oc1ccc2c(c1)OCCC1=C2C(c2ccc(OCCN3CCCCC3)cc2)Oc2ccccc21. The average Bonchev–Trinajstić information content (AvgIpc) is 3.16. The van der Waals surface area contributed by atoms with Crippen molar-refractivity contribution in [3.05, 3.63) is 83.4 Å². The van der Waals surface area contributed by atoms with E-state index < -0.39 is 8.32 Å². The third-order valence-corrected chi connectivity index (χ3v) is 13.7. The molecule has 0 bridgehead atoms. The van der Waals surface area contributed by atoms with Gasteiger partial charge in [-0.3, -0.25) is 4.90 Å². The molecule has 3 aliphatic rings. The van der Waals surface area contributed by atoms with Crippen molar-refractivity contribution < 1.29 is 18.6 Å². The number of nitrogens with zero attached hydrogens (tertiary/aromatic N) is 1. The molecule has 0 aliphatic carbocycles. The molecule has 1 atom stereocenters. The summed E-state index contributed by atoms with van der Waals surface area (Å²) in [6.07, 6.45) is 4.53. The molecule has 6 heteroatoms. The van der Waals surface area contributed by atoms with Gasteiger partial charge in [0.1, 0.15) is 35.7 Å². The fraction of sp³-hybridized carbons (Fsp3) is 0.444. The van der Waals surface area contributed by atoms with E-state index in [2.05, 4.69) is 99.4 Å². The van der Waals surface area contributed by atoms with E-state index in [1.807, 2.05) is 6.07 Å². The molecule has 3 aromatic carbocycles. The zero-order chi connectivity index (χ0) is 29.3. The lowest BCUT2D eigenvalue weighted by Crippen LogP contribution is -2.43. The van der Waals surface area contributed by atoms with Gasteiger partial charge in [0.25, 0.3) is 0 Å². The van der Waals surface area contributed by atoms with E-state index in [0.717, 1.165) is 52.7 Å². The van der Waals surface area contributed by atoms with Crippen molar-refractivity contribution in [2.75, 3.05) is 32.8 Å². The summed E-state index contributed by atoms with van der Waals surface area (Å²) in [7, 11) is -1.98. The van der Waals surface area contributed by atoms with E-state index >= 15 is 0 Å². The lowest BCUT2D eigenvalue weighted by molar-refractivity contribution is 0.183. The third kappa shape index (κ3) is 5.97. The Balaban J connectivity index is 1.30. The minimum Gasteiger partial charge on any atom is -0.543 e. The monoisotopic (exact) mass is 583 g/mol. The van der Waals surface area contributed by atoms with Crippen molar-refractivity contribution in [2.24, 2.45) is 0 Å². The summed E-state index contributed by atoms with van der Waals surface area (Å²) in [5.74, 6) is 3.56. The van der Waals surface area contributed by atoms with Gasteiger partial charge in [-0.25, -0.2) is 0 Å². The van der Waals surface area contributed by atoms with Crippen LogP contribution in [-0.4, -0.2) is 46.1 Å². The molecule has 3 aliphatic heterocycles. The Bertz CT molecular complexity index is 1430. The molecule has 0 saturated carbocycles. The third-order valence-electron chi connectivity index (χ3n) is 9.38. The lowest BCUT2D eigenvalue weighted by atomic mass is 9.84. The molecule has 0 N–H and O–H groups in total. The number of fused-ring (bicyclic) bond motifs is 4. The van der Waals surface area contributed by atoms with Crippen molar-refractivity contribution in [1.82, 2.24) is 4.90 Å². The van der Waals surface area contributed by atoms with Crippen LogP contribution in [0.15, 0.2) is 66.7 Å². The van der Waals surface area contributed by atoms with Gasteiger partial charge in [-0.1, -0.05) is 57.5 Å². The van der Waals surface area contributed by atoms with Crippen molar-refractivity contribution in [3.8, 4) is 23.0 Å². The van der Waals surface area contributed by atoms with Gasteiger partial charge in [-0.15, -0.1) is 0 Å². The average molecular weight is 584 g/mol. The van der Waals surface area contributed by atoms with Crippen molar-refractivity contribution in [2.45, 2.75) is 70.7 Å². The first kappa shape index (κ1) is 28.9. The largest absolute Gasteiger partial charge is 0.543 e. The highest BCUT2D eigenvalue weighted by Crippen LogP contribution is 2.51. The van der Waals surface area contributed by atoms with Crippen molar-refractivity contribution in [3.63, 3.8) is 0 Å². The molecule has 1 saturated heterocycles. The van der Waals surface area contributed by atoms with Crippen LogP contribution in [0.4, 0.5) is 0 Å². The second-order valence-electron chi connectivity index (χ2n) is 13.3. The fourth-order valence-electron chi connectivity index (χ4n) is 5.95. The normalized spacial score (nSPS) is 19.0. The van der Waals surface area contributed by atoms with E-state index in [1.165, 1.54) is 43.5 Å². The smallest absolute Gasteiger partial charge is 0.250 e. The van der Waals surface area contributed by atoms with Crippen LogP contribution in [0.2, 0.25) is 18.1 Å². The molecular weight excluding hydrogens is 538 g/mol. The number of para-hydroxylation sites is 1. The fourth-order valence-corrected chi connectivity index (χ4v) is 6.97. The minimum absolute atomic E-state index is 0.117. The zero-order valence-corrected chi connectivity index (χ0v) is 26.9. The van der Waals surface area contributed by atoms with Crippen LogP contribution in [0.3, 0.4) is 0 Å². The molecule has 3 heterocycles. The first-order chi connectivity index (χ1) is 20.2. The van der Waals surface area contributed by atoms with Gasteiger partial charge < -0.3 is 18.6 Å². The van der Waals surface area contributed by atoms with Crippen LogP contribution in [0, 0.1) is 0 Å². The van der Waals surface area contributed by atoms with E-state index in [4.69, 9.17) is 18.6 Å². The van der Waals surface area contributed by atoms with Crippen LogP contribution in [0.25, 0.3) is 11.1 Å². The molecule has 6 rings (SSSR count). The summed E-state index contributed by atoms with van der Waals surface area (Å²) >= 11 is 0. The Morgan fingerprint density at radius 2 is 1.60 bits per heavy atom. The molecule has 1 fully saturated rings. The highest BCUT2D eigenvalue weighted by molar-refractivity contribution is 6.74. The predicted octanol–water partition coefficient (Wildman–Crippen LogP) is 8.76. The Labute approximate surface area is 252 Å². The number of hydrogen-bond donors (Lipinski definition) is 0. The highest BCUT2D eigenvalue weighted by Gasteiger charge is 2.39. The molecule has 1 unspecified atom stereocenters. The molecule has 3 aromatic rings. The first-order valence-electron chi connectivity index (χ1n) is 15.6. The number of rotatable bonds is 7. The summed E-state index contributed by atoms with van der Waals surface area (Å²) < 4.78 is 26.0. The van der Waals surface area contributed by atoms with Crippen LogP contribution >= 0.6 is 0 Å². The maximum atomic E-state index is 6.77. The summed E-state index contributed by atoms with van der Waals surface area (Å²) in [4.78, 5) is 2.51. The Kier molecular flexibility index (Phi) is 8.12. The standard InChI is InChI=1S/C36H45NO4Si/c1-36(2,3)42(4,5)41-28-17-18-31-33(25-28)39-23-19-30-29-11-7-8-12-32(29)40-35(34(30)31)26-13-15-27(16-14-26)38-24-22-37-20-9-6-10-21-37/h7-8,11-18,25,35H,6,9-10,19-24H2,1-5H3. The number of piperidine rings is 1. The quantitative estimate of drug-likeness (QED) is 0.260. The number of benzene rings is 3. The Hall–Kier alpha value is -3.22. The van der Waals surface area contributed by atoms with Gasteiger partial charge in [0.2, 0.25) is 8.32 Å². The van der Waals surface area contributed by atoms with Crippen LogP contribution in [0.5, 0.6) is 23.0 Å². The van der Waals surface area contributed by atoms with Gasteiger partial charge in [0, 0.05) is 35.7 Å². The zero-order valence-electron chi connectivity index (χ0n) is 25.9. The second kappa shape index (κ2) is 11.8. The highest BCUT2D eigenvalue weighted by atomic mass is 28.4. The van der Waals surface area contributed by atoms with Gasteiger partial charge in [-0.2, -0.15) is 0 Å². The van der Waals surface area contributed by atoms with Crippen LogP contribution < -0.4 is 18.6 Å². The molecule has 5 nitrogen and oxygen atoms in total. The first-order valence-corrected chi connectivity index (χ1v) is 18.5. The van der Waals surface area contributed by atoms with E-state index in [1.54, 1.807) is 0 Å². The molecule has 222 valence electrons. The molecule has 0 aromatic heterocycles. The van der Waals surface area contributed by atoms with Gasteiger partial charge in [0.15, 0.2) is 0 Å².